The highest BCUT2D eigenvalue weighted by Gasteiger charge is 2.28. The summed E-state index contributed by atoms with van der Waals surface area (Å²) in [5, 5.41) is 3.54. The van der Waals surface area contributed by atoms with Crippen molar-refractivity contribution in [1.82, 2.24) is 15.1 Å². The molecule has 0 radical (unpaired) electrons. The Morgan fingerprint density at radius 1 is 1.15 bits per heavy atom. The van der Waals surface area contributed by atoms with E-state index in [1.807, 2.05) is 0 Å². The van der Waals surface area contributed by atoms with Gasteiger partial charge in [0, 0.05) is 32.7 Å². The quantitative estimate of drug-likeness (QED) is 0.587. The lowest BCUT2D eigenvalue weighted by molar-refractivity contribution is 0.281. The Labute approximate surface area is 166 Å². The normalized spacial score (nSPS) is 21.8. The summed E-state index contributed by atoms with van der Waals surface area (Å²) < 4.78 is 0. The van der Waals surface area contributed by atoms with Gasteiger partial charge in [-0.3, -0.25) is 4.99 Å². The van der Waals surface area contributed by atoms with E-state index in [1.54, 1.807) is 0 Å². The first kappa shape index (κ1) is 20.2. The summed E-state index contributed by atoms with van der Waals surface area (Å²) in [5.74, 6) is 1.91. The summed E-state index contributed by atoms with van der Waals surface area (Å²) in [7, 11) is 0. The molecule has 1 aromatic carbocycles. The molecule has 2 fully saturated rings. The van der Waals surface area contributed by atoms with Gasteiger partial charge in [-0.1, -0.05) is 44.2 Å². The first-order valence-corrected chi connectivity index (χ1v) is 10.9. The van der Waals surface area contributed by atoms with Crippen LogP contribution >= 0.6 is 0 Å². The Morgan fingerprint density at radius 3 is 2.59 bits per heavy atom. The second-order valence-electron chi connectivity index (χ2n) is 9.11. The molecule has 2 aliphatic heterocycles. The standard InChI is InChI=1S/C23H38N4/c1-4-24-22(25-19-23(2,3)16-20-10-6-5-7-11-20)27-15-12-21(18-27)17-26-13-8-9-14-26/h5-7,10-11,21H,4,8-9,12-19H2,1-3H3,(H,24,25). The van der Waals surface area contributed by atoms with Crippen molar-refractivity contribution >= 4 is 5.96 Å². The average Bonchev–Trinajstić information content (AvgIpc) is 3.32. The van der Waals surface area contributed by atoms with Gasteiger partial charge >= 0.3 is 0 Å². The number of benzene rings is 1. The van der Waals surface area contributed by atoms with Crippen molar-refractivity contribution in [2.45, 2.75) is 46.5 Å². The second kappa shape index (κ2) is 9.59. The topological polar surface area (TPSA) is 30.9 Å². The molecule has 0 amide bonds. The SMILES string of the molecule is CCNC(=NCC(C)(C)Cc1ccccc1)N1CCC(CN2CCCC2)C1. The molecule has 1 atom stereocenters. The van der Waals surface area contributed by atoms with Crippen LogP contribution in [0.25, 0.3) is 0 Å². The number of nitrogens with one attached hydrogen (secondary N) is 1. The van der Waals surface area contributed by atoms with E-state index < -0.39 is 0 Å². The van der Waals surface area contributed by atoms with Gasteiger partial charge in [0.25, 0.3) is 0 Å². The maximum Gasteiger partial charge on any atom is 0.193 e. The van der Waals surface area contributed by atoms with Crippen LogP contribution in [0.15, 0.2) is 35.3 Å². The minimum absolute atomic E-state index is 0.163. The Hall–Kier alpha value is -1.55. The van der Waals surface area contributed by atoms with Crippen molar-refractivity contribution in [3.8, 4) is 0 Å². The van der Waals surface area contributed by atoms with E-state index in [1.165, 1.54) is 44.5 Å². The first-order chi connectivity index (χ1) is 13.1. The molecule has 4 nitrogen and oxygen atoms in total. The van der Waals surface area contributed by atoms with Crippen LogP contribution in [-0.4, -0.2) is 61.6 Å². The largest absolute Gasteiger partial charge is 0.357 e. The van der Waals surface area contributed by atoms with Gasteiger partial charge in [-0.2, -0.15) is 0 Å². The van der Waals surface area contributed by atoms with Crippen molar-refractivity contribution < 1.29 is 0 Å². The van der Waals surface area contributed by atoms with E-state index >= 15 is 0 Å². The Bertz CT molecular complexity index is 590. The lowest BCUT2D eigenvalue weighted by Crippen LogP contribution is -2.41. The van der Waals surface area contributed by atoms with E-state index in [2.05, 4.69) is 66.2 Å². The summed E-state index contributed by atoms with van der Waals surface area (Å²) in [6, 6.07) is 10.8. The number of aliphatic imine (C=N–C) groups is 1. The van der Waals surface area contributed by atoms with Crippen molar-refractivity contribution in [1.29, 1.82) is 0 Å². The van der Waals surface area contributed by atoms with Crippen molar-refractivity contribution in [3.63, 3.8) is 0 Å². The van der Waals surface area contributed by atoms with Crippen LogP contribution in [0.2, 0.25) is 0 Å². The summed E-state index contributed by atoms with van der Waals surface area (Å²) >= 11 is 0. The third-order valence-corrected chi connectivity index (χ3v) is 5.82. The Kier molecular flexibility index (Phi) is 7.17. The molecule has 1 aromatic rings. The summed E-state index contributed by atoms with van der Waals surface area (Å²) in [6.45, 7) is 14.8. The highest BCUT2D eigenvalue weighted by atomic mass is 15.3. The van der Waals surface area contributed by atoms with Gasteiger partial charge in [-0.05, 0) is 62.6 Å². The predicted octanol–water partition coefficient (Wildman–Crippen LogP) is 3.64. The maximum atomic E-state index is 5.05. The number of nitrogens with zero attached hydrogens (tertiary/aromatic N) is 3. The minimum Gasteiger partial charge on any atom is -0.357 e. The van der Waals surface area contributed by atoms with Gasteiger partial charge in [0.2, 0.25) is 0 Å². The monoisotopic (exact) mass is 370 g/mol. The molecule has 4 heteroatoms. The molecule has 1 N–H and O–H groups in total. The Balaban J connectivity index is 1.55. The lowest BCUT2D eigenvalue weighted by Gasteiger charge is -2.26. The number of hydrogen-bond acceptors (Lipinski definition) is 2. The van der Waals surface area contributed by atoms with Gasteiger partial charge in [-0.15, -0.1) is 0 Å². The molecule has 27 heavy (non-hydrogen) atoms. The van der Waals surface area contributed by atoms with Crippen molar-refractivity contribution in [3.05, 3.63) is 35.9 Å². The summed E-state index contributed by atoms with van der Waals surface area (Å²) in [6.07, 6.45) is 5.14. The van der Waals surface area contributed by atoms with Crippen molar-refractivity contribution in [2.75, 3.05) is 45.8 Å². The molecule has 2 aliphatic rings. The number of guanidine groups is 1. The average molecular weight is 371 g/mol. The molecule has 0 saturated carbocycles. The van der Waals surface area contributed by atoms with Crippen LogP contribution in [-0.2, 0) is 6.42 Å². The Morgan fingerprint density at radius 2 is 1.89 bits per heavy atom. The smallest absolute Gasteiger partial charge is 0.193 e. The second-order valence-corrected chi connectivity index (χ2v) is 9.11. The molecule has 3 rings (SSSR count). The van der Waals surface area contributed by atoms with Crippen LogP contribution in [0.5, 0.6) is 0 Å². The number of hydrogen-bond donors (Lipinski definition) is 1. The maximum absolute atomic E-state index is 5.05. The van der Waals surface area contributed by atoms with Crippen LogP contribution in [0.1, 0.15) is 45.6 Å². The molecule has 2 saturated heterocycles. The van der Waals surface area contributed by atoms with Gasteiger partial charge in [0.1, 0.15) is 0 Å². The molecule has 0 bridgehead atoms. The molecular weight excluding hydrogens is 332 g/mol. The molecular formula is C23H38N4. The van der Waals surface area contributed by atoms with Crippen LogP contribution in [0.3, 0.4) is 0 Å². The molecule has 1 unspecified atom stereocenters. The van der Waals surface area contributed by atoms with E-state index in [4.69, 9.17) is 4.99 Å². The van der Waals surface area contributed by atoms with E-state index in [-0.39, 0.29) is 5.41 Å². The fourth-order valence-corrected chi connectivity index (χ4v) is 4.42. The molecule has 0 aromatic heterocycles. The van der Waals surface area contributed by atoms with Gasteiger partial charge < -0.3 is 15.1 Å². The first-order valence-electron chi connectivity index (χ1n) is 10.9. The van der Waals surface area contributed by atoms with Crippen LogP contribution < -0.4 is 5.32 Å². The van der Waals surface area contributed by atoms with E-state index in [9.17, 15) is 0 Å². The molecule has 150 valence electrons. The highest BCUT2D eigenvalue weighted by Crippen LogP contribution is 2.23. The number of likely N-dealkylation sites (tertiary alicyclic amines) is 2. The summed E-state index contributed by atoms with van der Waals surface area (Å²) in [5.41, 5.74) is 1.56. The van der Waals surface area contributed by atoms with Gasteiger partial charge in [-0.25, -0.2) is 0 Å². The third kappa shape index (κ3) is 6.24. The summed E-state index contributed by atoms with van der Waals surface area (Å²) in [4.78, 5) is 10.2. The van der Waals surface area contributed by atoms with Gasteiger partial charge in [0.05, 0.1) is 0 Å². The zero-order valence-corrected chi connectivity index (χ0v) is 17.6. The predicted molar refractivity (Wildman–Crippen MR) is 115 cm³/mol. The fourth-order valence-electron chi connectivity index (χ4n) is 4.42. The van der Waals surface area contributed by atoms with Crippen LogP contribution in [0, 0.1) is 11.3 Å². The molecule has 0 aliphatic carbocycles. The zero-order valence-electron chi connectivity index (χ0n) is 17.6. The number of rotatable bonds is 7. The van der Waals surface area contributed by atoms with Crippen molar-refractivity contribution in [2.24, 2.45) is 16.3 Å². The van der Waals surface area contributed by atoms with Crippen LogP contribution in [0.4, 0.5) is 0 Å². The fraction of sp³-hybridized carbons (Fsp3) is 0.696. The third-order valence-electron chi connectivity index (χ3n) is 5.82. The van der Waals surface area contributed by atoms with E-state index in [0.717, 1.165) is 44.5 Å². The molecule has 0 spiro atoms. The minimum atomic E-state index is 0.163. The van der Waals surface area contributed by atoms with E-state index in [0.29, 0.717) is 0 Å². The zero-order chi connectivity index (χ0) is 19.1. The lowest BCUT2D eigenvalue weighted by atomic mass is 9.86. The highest BCUT2D eigenvalue weighted by molar-refractivity contribution is 5.80. The van der Waals surface area contributed by atoms with Gasteiger partial charge in [0.15, 0.2) is 5.96 Å². The molecule has 2 heterocycles.